The van der Waals surface area contributed by atoms with E-state index in [1.165, 1.54) is 4.90 Å². The second-order valence-corrected chi connectivity index (χ2v) is 4.16. The number of hydrogen-bond donors (Lipinski definition) is 1. The second-order valence-electron chi connectivity index (χ2n) is 3.72. The van der Waals surface area contributed by atoms with Crippen LogP contribution in [0.1, 0.15) is 6.42 Å². The lowest BCUT2D eigenvalue weighted by Gasteiger charge is -2.16. The summed E-state index contributed by atoms with van der Waals surface area (Å²) in [6, 6.07) is 6.84. The Bertz CT molecular complexity index is 447. The standard InChI is InChI=1S/C11H10ClNO3/c12-8-2-1-3-9(5-8)13-6-7(11(15)16)4-10(13)14/h1-3,5,7H,4,6H2,(H,15,16)/t7-/m1/s1. The predicted octanol–water partition coefficient (Wildman–Crippen LogP) is 1.78. The van der Waals surface area contributed by atoms with Gasteiger partial charge in [-0.05, 0) is 18.2 Å². The number of halogens is 1. The Labute approximate surface area is 97.4 Å². The highest BCUT2D eigenvalue weighted by Gasteiger charge is 2.34. The van der Waals surface area contributed by atoms with E-state index in [4.69, 9.17) is 16.7 Å². The van der Waals surface area contributed by atoms with E-state index in [-0.39, 0.29) is 18.9 Å². The largest absolute Gasteiger partial charge is 0.481 e. The number of nitrogens with zero attached hydrogens (tertiary/aromatic N) is 1. The number of carboxylic acid groups (broad SMARTS) is 1. The lowest BCUT2D eigenvalue weighted by Crippen LogP contribution is -2.25. The number of anilines is 1. The quantitative estimate of drug-likeness (QED) is 0.856. The fourth-order valence-corrected chi connectivity index (χ4v) is 1.95. The van der Waals surface area contributed by atoms with Crippen molar-refractivity contribution in [2.45, 2.75) is 6.42 Å². The SMILES string of the molecule is O=C(O)[C@@H]1CC(=O)N(c2cccc(Cl)c2)C1. The molecule has 84 valence electrons. The number of benzene rings is 1. The van der Waals surface area contributed by atoms with Crippen LogP contribution in [0.5, 0.6) is 0 Å². The molecule has 0 radical (unpaired) electrons. The fraction of sp³-hybridized carbons (Fsp3) is 0.273. The zero-order valence-electron chi connectivity index (χ0n) is 8.39. The number of rotatable bonds is 2. The van der Waals surface area contributed by atoms with Crippen molar-refractivity contribution in [3.63, 3.8) is 0 Å². The maximum Gasteiger partial charge on any atom is 0.308 e. The normalized spacial score (nSPS) is 20.2. The summed E-state index contributed by atoms with van der Waals surface area (Å²) in [6.45, 7) is 0.217. The van der Waals surface area contributed by atoms with Crippen molar-refractivity contribution in [3.8, 4) is 0 Å². The molecule has 0 aromatic heterocycles. The Kier molecular flexibility index (Phi) is 2.83. The summed E-state index contributed by atoms with van der Waals surface area (Å²) in [5.74, 6) is -1.72. The summed E-state index contributed by atoms with van der Waals surface area (Å²) in [4.78, 5) is 23.9. The topological polar surface area (TPSA) is 57.6 Å². The molecule has 2 rings (SSSR count). The number of carboxylic acids is 1. The van der Waals surface area contributed by atoms with Crippen molar-refractivity contribution < 1.29 is 14.7 Å². The molecule has 0 saturated carbocycles. The Balaban J connectivity index is 2.23. The molecule has 1 aromatic carbocycles. The van der Waals surface area contributed by atoms with Crippen molar-refractivity contribution in [2.75, 3.05) is 11.4 Å². The molecule has 1 heterocycles. The predicted molar refractivity (Wildman–Crippen MR) is 59.5 cm³/mol. The van der Waals surface area contributed by atoms with Crippen LogP contribution in [-0.4, -0.2) is 23.5 Å². The van der Waals surface area contributed by atoms with Gasteiger partial charge in [-0.1, -0.05) is 17.7 Å². The molecule has 5 heteroatoms. The van der Waals surface area contributed by atoms with E-state index in [1.807, 2.05) is 0 Å². The van der Waals surface area contributed by atoms with Gasteiger partial charge in [0.05, 0.1) is 5.92 Å². The molecule has 1 saturated heterocycles. The molecule has 0 spiro atoms. The van der Waals surface area contributed by atoms with Crippen molar-refractivity contribution in [2.24, 2.45) is 5.92 Å². The van der Waals surface area contributed by atoms with E-state index < -0.39 is 11.9 Å². The maximum absolute atomic E-state index is 11.6. The Morgan fingerprint density at radius 3 is 2.81 bits per heavy atom. The van der Waals surface area contributed by atoms with Crippen LogP contribution in [-0.2, 0) is 9.59 Å². The average Bonchev–Trinajstić information content (AvgIpc) is 2.60. The molecule has 1 fully saturated rings. The van der Waals surface area contributed by atoms with Gasteiger partial charge < -0.3 is 10.0 Å². The highest BCUT2D eigenvalue weighted by atomic mass is 35.5. The summed E-state index contributed by atoms with van der Waals surface area (Å²) in [5, 5.41) is 9.38. The molecule has 16 heavy (non-hydrogen) atoms. The molecular weight excluding hydrogens is 230 g/mol. The summed E-state index contributed by atoms with van der Waals surface area (Å²) in [5.41, 5.74) is 0.654. The fourth-order valence-electron chi connectivity index (χ4n) is 1.77. The van der Waals surface area contributed by atoms with Gasteiger partial charge >= 0.3 is 5.97 Å². The van der Waals surface area contributed by atoms with Crippen LogP contribution >= 0.6 is 11.6 Å². The number of amides is 1. The third kappa shape index (κ3) is 2.02. The van der Waals surface area contributed by atoms with Gasteiger partial charge in [-0.3, -0.25) is 9.59 Å². The van der Waals surface area contributed by atoms with Crippen LogP contribution in [0.4, 0.5) is 5.69 Å². The third-order valence-electron chi connectivity index (χ3n) is 2.59. The summed E-state index contributed by atoms with van der Waals surface area (Å²) < 4.78 is 0. The second kappa shape index (κ2) is 4.14. The molecule has 1 aliphatic rings. The van der Waals surface area contributed by atoms with Crippen molar-refractivity contribution >= 4 is 29.2 Å². The molecule has 0 unspecified atom stereocenters. The zero-order valence-corrected chi connectivity index (χ0v) is 9.15. The molecule has 1 amide bonds. The summed E-state index contributed by atoms with van der Waals surface area (Å²) >= 11 is 5.82. The highest BCUT2D eigenvalue weighted by Crippen LogP contribution is 2.26. The van der Waals surface area contributed by atoms with Crippen LogP contribution in [0.15, 0.2) is 24.3 Å². The van der Waals surface area contributed by atoms with Crippen LogP contribution in [0.3, 0.4) is 0 Å². The summed E-state index contributed by atoms with van der Waals surface area (Å²) in [7, 11) is 0. The molecule has 4 nitrogen and oxygen atoms in total. The number of carbonyl (C=O) groups excluding carboxylic acids is 1. The molecule has 0 aliphatic carbocycles. The molecule has 1 N–H and O–H groups in total. The molecular formula is C11H10ClNO3. The lowest BCUT2D eigenvalue weighted by atomic mass is 10.1. The zero-order chi connectivity index (χ0) is 11.7. The minimum Gasteiger partial charge on any atom is -0.481 e. The first-order valence-corrected chi connectivity index (χ1v) is 5.24. The Morgan fingerprint density at radius 1 is 1.50 bits per heavy atom. The minimum absolute atomic E-state index is 0.0574. The monoisotopic (exact) mass is 239 g/mol. The smallest absolute Gasteiger partial charge is 0.308 e. The summed E-state index contributed by atoms with van der Waals surface area (Å²) in [6.07, 6.45) is 0.0574. The first-order chi connectivity index (χ1) is 7.58. The Hall–Kier alpha value is -1.55. The first-order valence-electron chi connectivity index (χ1n) is 4.86. The van der Waals surface area contributed by atoms with Gasteiger partial charge in [0.2, 0.25) is 5.91 Å². The Morgan fingerprint density at radius 2 is 2.25 bits per heavy atom. The van der Waals surface area contributed by atoms with Gasteiger partial charge in [0.15, 0.2) is 0 Å². The van der Waals surface area contributed by atoms with E-state index in [2.05, 4.69) is 0 Å². The van der Waals surface area contributed by atoms with Gasteiger partial charge in [0.25, 0.3) is 0 Å². The van der Waals surface area contributed by atoms with E-state index >= 15 is 0 Å². The highest BCUT2D eigenvalue weighted by molar-refractivity contribution is 6.30. The van der Waals surface area contributed by atoms with E-state index in [0.717, 1.165) is 0 Å². The van der Waals surface area contributed by atoms with E-state index in [1.54, 1.807) is 24.3 Å². The van der Waals surface area contributed by atoms with Crippen LogP contribution in [0, 0.1) is 5.92 Å². The molecule has 0 bridgehead atoms. The van der Waals surface area contributed by atoms with Gasteiger partial charge in [0.1, 0.15) is 0 Å². The van der Waals surface area contributed by atoms with E-state index in [9.17, 15) is 9.59 Å². The first kappa shape index (κ1) is 11.0. The number of aliphatic carboxylic acids is 1. The average molecular weight is 240 g/mol. The van der Waals surface area contributed by atoms with E-state index in [0.29, 0.717) is 10.7 Å². The number of carbonyl (C=O) groups is 2. The molecule has 1 aromatic rings. The van der Waals surface area contributed by atoms with Crippen LogP contribution in [0.25, 0.3) is 0 Å². The third-order valence-corrected chi connectivity index (χ3v) is 2.83. The van der Waals surface area contributed by atoms with Crippen molar-refractivity contribution in [1.29, 1.82) is 0 Å². The van der Waals surface area contributed by atoms with Gasteiger partial charge in [-0.2, -0.15) is 0 Å². The van der Waals surface area contributed by atoms with Crippen molar-refractivity contribution in [3.05, 3.63) is 29.3 Å². The van der Waals surface area contributed by atoms with Crippen LogP contribution < -0.4 is 4.90 Å². The molecule has 1 aliphatic heterocycles. The van der Waals surface area contributed by atoms with Crippen molar-refractivity contribution in [1.82, 2.24) is 0 Å². The molecule has 1 atom stereocenters. The van der Waals surface area contributed by atoms with Gasteiger partial charge in [-0.15, -0.1) is 0 Å². The van der Waals surface area contributed by atoms with Crippen LogP contribution in [0.2, 0.25) is 5.02 Å². The van der Waals surface area contributed by atoms with Gasteiger partial charge in [-0.25, -0.2) is 0 Å². The van der Waals surface area contributed by atoms with Gasteiger partial charge in [0, 0.05) is 23.7 Å². The maximum atomic E-state index is 11.6. The minimum atomic E-state index is -0.933. The number of hydrogen-bond acceptors (Lipinski definition) is 2. The lowest BCUT2D eigenvalue weighted by molar-refractivity contribution is -0.141.